The maximum Gasteiger partial charge on any atom is 0.225 e. The molecule has 2 fully saturated rings. The van der Waals surface area contributed by atoms with Crippen LogP contribution in [0.2, 0.25) is 0 Å². The van der Waals surface area contributed by atoms with Crippen LogP contribution in [0, 0.1) is 5.41 Å². The summed E-state index contributed by atoms with van der Waals surface area (Å²) in [6, 6.07) is 1.88. The summed E-state index contributed by atoms with van der Waals surface area (Å²) in [5.74, 6) is 0.877. The second-order valence-corrected chi connectivity index (χ2v) is 6.45. The molecule has 0 aliphatic carbocycles. The Kier molecular flexibility index (Phi) is 4.70. The van der Waals surface area contributed by atoms with Gasteiger partial charge in [-0.3, -0.25) is 4.90 Å². The van der Waals surface area contributed by atoms with E-state index in [1.165, 1.54) is 38.9 Å². The van der Waals surface area contributed by atoms with Gasteiger partial charge in [0.1, 0.15) is 0 Å². The Morgan fingerprint density at radius 3 is 2.57 bits per heavy atom. The normalized spacial score (nSPS) is 27.8. The Morgan fingerprint density at radius 2 is 1.95 bits per heavy atom. The van der Waals surface area contributed by atoms with E-state index in [1.807, 2.05) is 18.5 Å². The number of anilines is 1. The van der Waals surface area contributed by atoms with Gasteiger partial charge in [-0.15, -0.1) is 0 Å². The van der Waals surface area contributed by atoms with Gasteiger partial charge in [0.15, 0.2) is 0 Å². The first-order chi connectivity index (χ1) is 10.3. The fourth-order valence-corrected chi connectivity index (χ4v) is 3.61. The van der Waals surface area contributed by atoms with Crippen molar-refractivity contribution in [2.24, 2.45) is 5.41 Å². The zero-order valence-electron chi connectivity index (χ0n) is 13.1. The van der Waals surface area contributed by atoms with Crippen molar-refractivity contribution in [3.05, 3.63) is 18.5 Å². The number of piperazine rings is 1. The van der Waals surface area contributed by atoms with Crippen molar-refractivity contribution in [2.45, 2.75) is 26.2 Å². The first kappa shape index (κ1) is 14.7. The molecule has 2 aliphatic rings. The fourth-order valence-electron chi connectivity index (χ4n) is 3.61. The van der Waals surface area contributed by atoms with Crippen molar-refractivity contribution in [1.82, 2.24) is 20.2 Å². The molecular weight excluding hydrogens is 262 g/mol. The monoisotopic (exact) mass is 289 g/mol. The molecule has 2 aliphatic heterocycles. The summed E-state index contributed by atoms with van der Waals surface area (Å²) in [4.78, 5) is 13.7. The fraction of sp³-hybridized carbons (Fsp3) is 0.750. The van der Waals surface area contributed by atoms with E-state index in [1.54, 1.807) is 0 Å². The van der Waals surface area contributed by atoms with Crippen molar-refractivity contribution < 1.29 is 0 Å². The molecule has 0 aromatic carbocycles. The van der Waals surface area contributed by atoms with Gasteiger partial charge in [-0.05, 0) is 37.3 Å². The summed E-state index contributed by atoms with van der Waals surface area (Å²) in [5, 5.41) is 3.59. The van der Waals surface area contributed by atoms with Gasteiger partial charge < -0.3 is 10.2 Å². The lowest BCUT2D eigenvalue weighted by Gasteiger charge is -2.43. The van der Waals surface area contributed by atoms with Crippen molar-refractivity contribution in [3.8, 4) is 0 Å². The molecule has 0 spiro atoms. The largest absolute Gasteiger partial charge is 0.338 e. The second kappa shape index (κ2) is 6.71. The molecule has 3 heterocycles. The van der Waals surface area contributed by atoms with Gasteiger partial charge in [-0.2, -0.15) is 0 Å². The molecule has 1 atom stereocenters. The Hall–Kier alpha value is -1.20. The van der Waals surface area contributed by atoms with E-state index < -0.39 is 0 Å². The summed E-state index contributed by atoms with van der Waals surface area (Å²) >= 11 is 0. The lowest BCUT2D eigenvalue weighted by molar-refractivity contribution is 0.107. The topological polar surface area (TPSA) is 44.3 Å². The van der Waals surface area contributed by atoms with E-state index in [-0.39, 0.29) is 0 Å². The predicted molar refractivity (Wildman–Crippen MR) is 85.5 cm³/mol. The number of piperidine rings is 1. The van der Waals surface area contributed by atoms with Crippen molar-refractivity contribution in [1.29, 1.82) is 0 Å². The van der Waals surface area contributed by atoms with E-state index in [4.69, 9.17) is 0 Å². The SMILES string of the molecule is CCC1(CN2CCN(c3ncccn3)CC2)CCCNC1. The predicted octanol–water partition coefficient (Wildman–Crippen LogP) is 1.38. The molecule has 5 nitrogen and oxygen atoms in total. The minimum absolute atomic E-state index is 0.490. The van der Waals surface area contributed by atoms with Crippen molar-refractivity contribution in [3.63, 3.8) is 0 Å². The van der Waals surface area contributed by atoms with Gasteiger partial charge in [-0.25, -0.2) is 9.97 Å². The average Bonchev–Trinajstić information content (AvgIpc) is 2.57. The minimum atomic E-state index is 0.490. The molecule has 5 heteroatoms. The summed E-state index contributed by atoms with van der Waals surface area (Å²) in [6.45, 7) is 10.3. The molecule has 1 aromatic rings. The highest BCUT2D eigenvalue weighted by Crippen LogP contribution is 2.31. The number of nitrogens with one attached hydrogen (secondary N) is 1. The molecule has 1 unspecified atom stereocenters. The van der Waals surface area contributed by atoms with Gasteiger partial charge in [0.05, 0.1) is 0 Å². The van der Waals surface area contributed by atoms with Gasteiger partial charge in [-0.1, -0.05) is 6.92 Å². The molecule has 0 amide bonds. The minimum Gasteiger partial charge on any atom is -0.338 e. The zero-order valence-corrected chi connectivity index (χ0v) is 13.1. The average molecular weight is 289 g/mol. The molecule has 0 saturated carbocycles. The third kappa shape index (κ3) is 3.52. The molecule has 116 valence electrons. The Bertz CT molecular complexity index is 422. The van der Waals surface area contributed by atoms with Gasteiger partial charge >= 0.3 is 0 Å². The third-order valence-corrected chi connectivity index (χ3v) is 5.08. The molecule has 0 bridgehead atoms. The summed E-state index contributed by atoms with van der Waals surface area (Å²) in [7, 11) is 0. The van der Waals surface area contributed by atoms with Crippen molar-refractivity contribution in [2.75, 3.05) is 50.7 Å². The van der Waals surface area contributed by atoms with Gasteiger partial charge in [0.25, 0.3) is 0 Å². The van der Waals surface area contributed by atoms with Crippen LogP contribution >= 0.6 is 0 Å². The number of hydrogen-bond donors (Lipinski definition) is 1. The zero-order chi connectivity index (χ0) is 14.5. The Balaban J connectivity index is 1.53. The lowest BCUT2D eigenvalue weighted by atomic mass is 9.78. The van der Waals surface area contributed by atoms with Crippen LogP contribution in [0.15, 0.2) is 18.5 Å². The van der Waals surface area contributed by atoms with Crippen LogP contribution in [-0.4, -0.2) is 60.7 Å². The molecule has 2 saturated heterocycles. The highest BCUT2D eigenvalue weighted by Gasteiger charge is 2.33. The maximum atomic E-state index is 4.36. The van der Waals surface area contributed by atoms with E-state index in [9.17, 15) is 0 Å². The van der Waals surface area contributed by atoms with Crippen LogP contribution in [-0.2, 0) is 0 Å². The van der Waals surface area contributed by atoms with E-state index in [0.717, 1.165) is 32.1 Å². The number of aromatic nitrogens is 2. The Labute approximate surface area is 127 Å². The summed E-state index contributed by atoms with van der Waals surface area (Å²) in [6.07, 6.45) is 7.63. The highest BCUT2D eigenvalue weighted by atomic mass is 15.3. The summed E-state index contributed by atoms with van der Waals surface area (Å²) in [5.41, 5.74) is 0.490. The highest BCUT2D eigenvalue weighted by molar-refractivity contribution is 5.29. The van der Waals surface area contributed by atoms with E-state index in [2.05, 4.69) is 32.0 Å². The van der Waals surface area contributed by atoms with Gasteiger partial charge in [0, 0.05) is 51.7 Å². The van der Waals surface area contributed by atoms with Gasteiger partial charge in [0.2, 0.25) is 5.95 Å². The van der Waals surface area contributed by atoms with Crippen LogP contribution < -0.4 is 10.2 Å². The van der Waals surface area contributed by atoms with Crippen LogP contribution in [0.4, 0.5) is 5.95 Å². The quantitative estimate of drug-likeness (QED) is 0.907. The standard InChI is InChI=1S/C16H27N5/c1-2-16(5-3-6-17-13-16)14-20-9-11-21(12-10-20)15-18-7-4-8-19-15/h4,7-8,17H,2-3,5-6,9-14H2,1H3. The molecule has 1 N–H and O–H groups in total. The van der Waals surface area contributed by atoms with Crippen molar-refractivity contribution >= 4 is 5.95 Å². The molecule has 0 radical (unpaired) electrons. The molecule has 1 aromatic heterocycles. The number of rotatable bonds is 4. The van der Waals surface area contributed by atoms with E-state index in [0.29, 0.717) is 5.41 Å². The second-order valence-electron chi connectivity index (χ2n) is 6.45. The molecule has 21 heavy (non-hydrogen) atoms. The third-order valence-electron chi connectivity index (χ3n) is 5.08. The van der Waals surface area contributed by atoms with Crippen LogP contribution in [0.3, 0.4) is 0 Å². The first-order valence-electron chi connectivity index (χ1n) is 8.26. The van der Waals surface area contributed by atoms with E-state index >= 15 is 0 Å². The van der Waals surface area contributed by atoms with Crippen LogP contribution in [0.1, 0.15) is 26.2 Å². The maximum absolute atomic E-state index is 4.36. The summed E-state index contributed by atoms with van der Waals surface area (Å²) < 4.78 is 0. The molecular formula is C16H27N5. The smallest absolute Gasteiger partial charge is 0.225 e. The Morgan fingerprint density at radius 1 is 1.19 bits per heavy atom. The lowest BCUT2D eigenvalue weighted by Crippen LogP contribution is -2.53. The van der Waals surface area contributed by atoms with Crippen LogP contribution in [0.5, 0.6) is 0 Å². The first-order valence-corrected chi connectivity index (χ1v) is 8.26. The molecule has 3 rings (SSSR count). The van der Waals surface area contributed by atoms with Crippen LogP contribution in [0.25, 0.3) is 0 Å². The number of nitrogens with zero attached hydrogens (tertiary/aromatic N) is 4. The number of hydrogen-bond acceptors (Lipinski definition) is 5.